The van der Waals surface area contributed by atoms with Crippen molar-refractivity contribution in [2.24, 2.45) is 17.6 Å². The molecule has 0 saturated heterocycles. The van der Waals surface area contributed by atoms with Gasteiger partial charge in [-0.3, -0.25) is 0 Å². The number of benzene rings is 2. The van der Waals surface area contributed by atoms with E-state index in [0.29, 0.717) is 11.8 Å². The normalized spacial score (nSPS) is 15.4. The molecular weight excluding hydrogens is 270 g/mol. The summed E-state index contributed by atoms with van der Waals surface area (Å²) in [5, 5.41) is 0. The molecular formula is C20H27NO. The third-order valence-electron chi connectivity index (χ3n) is 4.82. The first-order chi connectivity index (χ1) is 10.4. The molecule has 0 aromatic heterocycles. The van der Waals surface area contributed by atoms with Gasteiger partial charge in [-0.05, 0) is 42.0 Å². The molecule has 0 aliphatic heterocycles. The quantitative estimate of drug-likeness (QED) is 0.882. The maximum atomic E-state index is 6.99. The summed E-state index contributed by atoms with van der Waals surface area (Å²) in [5.74, 6) is 1.64. The maximum Gasteiger partial charge on any atom is 0.118 e. The summed E-state index contributed by atoms with van der Waals surface area (Å²) in [4.78, 5) is 0. The lowest BCUT2D eigenvalue weighted by atomic mass is 9.70. The van der Waals surface area contributed by atoms with Gasteiger partial charge in [0.15, 0.2) is 0 Å². The zero-order valence-corrected chi connectivity index (χ0v) is 14.3. The molecule has 118 valence electrons. The number of methoxy groups -OCH3 is 1. The number of hydrogen-bond acceptors (Lipinski definition) is 2. The fourth-order valence-corrected chi connectivity index (χ4v) is 2.91. The van der Waals surface area contributed by atoms with Crippen molar-refractivity contribution in [1.29, 1.82) is 0 Å². The molecule has 2 rings (SSSR count). The fourth-order valence-electron chi connectivity index (χ4n) is 2.91. The Balaban J connectivity index is 2.56. The van der Waals surface area contributed by atoms with Gasteiger partial charge in [-0.2, -0.15) is 0 Å². The largest absolute Gasteiger partial charge is 0.497 e. The van der Waals surface area contributed by atoms with Crippen LogP contribution in [0.2, 0.25) is 0 Å². The Morgan fingerprint density at radius 3 is 1.73 bits per heavy atom. The second-order valence-corrected chi connectivity index (χ2v) is 6.50. The summed E-state index contributed by atoms with van der Waals surface area (Å²) in [7, 11) is 1.68. The first-order valence-corrected chi connectivity index (χ1v) is 7.90. The molecule has 2 atom stereocenters. The van der Waals surface area contributed by atoms with Crippen molar-refractivity contribution in [2.45, 2.75) is 33.2 Å². The average Bonchev–Trinajstić information content (AvgIpc) is 2.54. The molecule has 2 N–H and O–H groups in total. The summed E-state index contributed by atoms with van der Waals surface area (Å²) in [6.45, 7) is 8.78. The van der Waals surface area contributed by atoms with Gasteiger partial charge in [0.25, 0.3) is 0 Å². The number of rotatable bonds is 5. The minimum atomic E-state index is -0.506. The number of aryl methyl sites for hydroxylation is 1. The van der Waals surface area contributed by atoms with Crippen LogP contribution in [-0.4, -0.2) is 7.11 Å². The highest BCUT2D eigenvalue weighted by Crippen LogP contribution is 2.38. The summed E-state index contributed by atoms with van der Waals surface area (Å²) in [6.07, 6.45) is 0. The monoisotopic (exact) mass is 297 g/mol. The van der Waals surface area contributed by atoms with E-state index in [-0.39, 0.29) is 0 Å². The molecule has 2 nitrogen and oxygen atoms in total. The fraction of sp³-hybridized carbons (Fsp3) is 0.400. The Morgan fingerprint density at radius 1 is 0.864 bits per heavy atom. The maximum absolute atomic E-state index is 6.99. The van der Waals surface area contributed by atoms with Gasteiger partial charge in [-0.25, -0.2) is 0 Å². The highest BCUT2D eigenvalue weighted by atomic mass is 16.5. The van der Waals surface area contributed by atoms with Crippen LogP contribution in [0.25, 0.3) is 0 Å². The molecule has 0 saturated carbocycles. The summed E-state index contributed by atoms with van der Waals surface area (Å²) < 4.78 is 5.27. The van der Waals surface area contributed by atoms with Crippen LogP contribution in [0.1, 0.15) is 37.5 Å². The molecule has 0 heterocycles. The summed E-state index contributed by atoms with van der Waals surface area (Å²) in [6, 6.07) is 16.7. The average molecular weight is 297 g/mol. The van der Waals surface area contributed by atoms with E-state index < -0.39 is 5.54 Å². The van der Waals surface area contributed by atoms with E-state index in [9.17, 15) is 0 Å². The molecule has 22 heavy (non-hydrogen) atoms. The second kappa shape index (κ2) is 6.53. The minimum Gasteiger partial charge on any atom is -0.497 e. The third-order valence-corrected chi connectivity index (χ3v) is 4.82. The number of hydrogen-bond donors (Lipinski definition) is 1. The first kappa shape index (κ1) is 16.6. The lowest BCUT2D eigenvalue weighted by Gasteiger charge is -2.39. The van der Waals surface area contributed by atoms with Gasteiger partial charge in [0, 0.05) is 0 Å². The molecule has 0 aliphatic carbocycles. The number of nitrogens with two attached hydrogens (primary N) is 1. The zero-order chi connectivity index (χ0) is 16.3. The molecule has 2 aromatic rings. The van der Waals surface area contributed by atoms with Crippen molar-refractivity contribution < 1.29 is 4.74 Å². The van der Waals surface area contributed by atoms with Crippen LogP contribution >= 0.6 is 0 Å². The second-order valence-electron chi connectivity index (χ2n) is 6.50. The molecule has 0 aliphatic rings. The summed E-state index contributed by atoms with van der Waals surface area (Å²) in [5.41, 5.74) is 10.0. The van der Waals surface area contributed by atoms with Gasteiger partial charge in [-0.15, -0.1) is 0 Å². The molecule has 0 spiro atoms. The van der Waals surface area contributed by atoms with E-state index >= 15 is 0 Å². The highest BCUT2D eigenvalue weighted by Gasteiger charge is 2.37. The van der Waals surface area contributed by atoms with Crippen LogP contribution in [0, 0.1) is 18.8 Å². The van der Waals surface area contributed by atoms with Crippen molar-refractivity contribution in [3.05, 3.63) is 65.2 Å². The third kappa shape index (κ3) is 3.02. The van der Waals surface area contributed by atoms with Crippen molar-refractivity contribution in [2.75, 3.05) is 7.11 Å². The lowest BCUT2D eigenvalue weighted by molar-refractivity contribution is 0.271. The smallest absolute Gasteiger partial charge is 0.118 e. The van der Waals surface area contributed by atoms with Gasteiger partial charge in [0.1, 0.15) is 5.75 Å². The van der Waals surface area contributed by atoms with Gasteiger partial charge in [0.05, 0.1) is 12.6 Å². The van der Waals surface area contributed by atoms with Gasteiger partial charge in [-0.1, -0.05) is 62.7 Å². The topological polar surface area (TPSA) is 35.2 Å². The van der Waals surface area contributed by atoms with Crippen LogP contribution in [0.15, 0.2) is 48.5 Å². The molecule has 2 unspecified atom stereocenters. The minimum absolute atomic E-state index is 0.309. The Bertz CT molecular complexity index is 601. The van der Waals surface area contributed by atoms with Crippen LogP contribution in [-0.2, 0) is 5.54 Å². The van der Waals surface area contributed by atoms with E-state index in [1.807, 2.05) is 12.1 Å². The van der Waals surface area contributed by atoms with Crippen LogP contribution in [0.5, 0.6) is 5.75 Å². The van der Waals surface area contributed by atoms with Crippen molar-refractivity contribution in [1.82, 2.24) is 0 Å². The molecule has 0 fully saturated rings. The Labute approximate surface area is 134 Å². The van der Waals surface area contributed by atoms with Gasteiger partial charge < -0.3 is 10.5 Å². The lowest BCUT2D eigenvalue weighted by Crippen LogP contribution is -2.46. The Morgan fingerprint density at radius 2 is 1.32 bits per heavy atom. The molecule has 0 amide bonds. The van der Waals surface area contributed by atoms with Crippen molar-refractivity contribution >= 4 is 0 Å². The van der Waals surface area contributed by atoms with Crippen LogP contribution < -0.4 is 10.5 Å². The number of ether oxygens (including phenoxy) is 1. The predicted molar refractivity (Wildman–Crippen MR) is 93.1 cm³/mol. The first-order valence-electron chi connectivity index (χ1n) is 7.90. The van der Waals surface area contributed by atoms with E-state index in [1.165, 1.54) is 5.56 Å². The van der Waals surface area contributed by atoms with Crippen LogP contribution in [0.4, 0.5) is 0 Å². The standard InChI is InChI=1S/C20H27NO/c1-14(2)16(4)20(21,17-8-6-15(3)7-9-17)18-10-12-19(22-5)13-11-18/h6-14,16H,21H2,1-5H3. The Hall–Kier alpha value is -1.80. The Kier molecular flexibility index (Phi) is 4.92. The van der Waals surface area contributed by atoms with E-state index in [2.05, 4.69) is 64.1 Å². The van der Waals surface area contributed by atoms with Crippen molar-refractivity contribution in [3.63, 3.8) is 0 Å². The van der Waals surface area contributed by atoms with Gasteiger partial charge in [0.2, 0.25) is 0 Å². The van der Waals surface area contributed by atoms with Gasteiger partial charge >= 0.3 is 0 Å². The zero-order valence-electron chi connectivity index (χ0n) is 14.3. The molecule has 0 radical (unpaired) electrons. The van der Waals surface area contributed by atoms with Crippen LogP contribution in [0.3, 0.4) is 0 Å². The summed E-state index contributed by atoms with van der Waals surface area (Å²) >= 11 is 0. The predicted octanol–water partition coefficient (Wildman–Crippen LogP) is 4.50. The molecule has 2 heteroatoms. The van der Waals surface area contributed by atoms with Crippen molar-refractivity contribution in [3.8, 4) is 5.75 Å². The molecule has 0 bridgehead atoms. The van der Waals surface area contributed by atoms with E-state index in [1.54, 1.807) is 7.11 Å². The molecule has 2 aromatic carbocycles. The SMILES string of the molecule is COc1ccc(C(N)(c2ccc(C)cc2)C(C)C(C)C)cc1. The van der Waals surface area contributed by atoms with E-state index in [0.717, 1.165) is 16.9 Å². The van der Waals surface area contributed by atoms with E-state index in [4.69, 9.17) is 10.5 Å². The highest BCUT2D eigenvalue weighted by molar-refractivity contribution is 5.42.